The van der Waals surface area contributed by atoms with Gasteiger partial charge in [0.15, 0.2) is 0 Å². The second-order valence-corrected chi connectivity index (χ2v) is 5.47. The highest BCUT2D eigenvalue weighted by atomic mass is 79.9. The van der Waals surface area contributed by atoms with Crippen LogP contribution in [0.4, 0.5) is 14.5 Å². The van der Waals surface area contributed by atoms with Gasteiger partial charge in [-0.05, 0) is 59.9 Å². The molecule has 2 N–H and O–H groups in total. The fraction of sp³-hybridized carbons (Fsp3) is 0.538. The molecule has 0 aliphatic carbocycles. The Morgan fingerprint density at radius 2 is 2.28 bits per heavy atom. The summed E-state index contributed by atoms with van der Waals surface area (Å²) in [5.74, 6) is 0.733. The van der Waals surface area contributed by atoms with Crippen LogP contribution >= 0.6 is 15.9 Å². The molecule has 1 fully saturated rings. The second-order valence-electron chi connectivity index (χ2n) is 4.61. The van der Waals surface area contributed by atoms with Crippen molar-refractivity contribution in [3.05, 3.63) is 28.2 Å². The Morgan fingerprint density at radius 3 is 2.89 bits per heavy atom. The third-order valence-corrected chi connectivity index (χ3v) is 3.93. The van der Waals surface area contributed by atoms with Crippen LogP contribution in [-0.4, -0.2) is 19.6 Å². The first kappa shape index (κ1) is 13.7. The van der Waals surface area contributed by atoms with E-state index in [-0.39, 0.29) is 5.56 Å². The van der Waals surface area contributed by atoms with Gasteiger partial charge in [-0.3, -0.25) is 0 Å². The molecular formula is C13H17BrF2N2. The first-order valence-corrected chi connectivity index (χ1v) is 6.98. The zero-order chi connectivity index (χ0) is 13.0. The van der Waals surface area contributed by atoms with E-state index in [0.717, 1.165) is 37.7 Å². The maximum absolute atomic E-state index is 12.5. The van der Waals surface area contributed by atoms with Crippen LogP contribution in [0.25, 0.3) is 0 Å². The molecule has 1 aliphatic rings. The lowest BCUT2D eigenvalue weighted by atomic mass is 10.1. The third kappa shape index (κ3) is 3.65. The van der Waals surface area contributed by atoms with Crippen LogP contribution in [-0.2, 0) is 0 Å². The summed E-state index contributed by atoms with van der Waals surface area (Å²) in [7, 11) is 0. The summed E-state index contributed by atoms with van der Waals surface area (Å²) < 4.78 is 25.7. The number of benzene rings is 1. The Bertz CT molecular complexity index is 393. The zero-order valence-electron chi connectivity index (χ0n) is 10.1. The molecule has 1 atom stereocenters. The standard InChI is InChI=1S/C13H17BrF2N2/c14-11-7-10(13(15)16)1-2-12(11)18-6-4-9-3-5-17-8-9/h1-2,7,9,13,17-18H,3-6,8H2. The molecule has 0 spiro atoms. The summed E-state index contributed by atoms with van der Waals surface area (Å²) >= 11 is 3.32. The molecule has 1 saturated heterocycles. The molecule has 1 heterocycles. The predicted octanol–water partition coefficient (Wildman–Crippen LogP) is 3.80. The SMILES string of the molecule is FC(F)c1ccc(NCCC2CCNC2)c(Br)c1. The van der Waals surface area contributed by atoms with E-state index in [9.17, 15) is 8.78 Å². The quantitative estimate of drug-likeness (QED) is 0.863. The fourth-order valence-corrected chi connectivity index (χ4v) is 2.72. The maximum Gasteiger partial charge on any atom is 0.263 e. The molecule has 0 saturated carbocycles. The van der Waals surface area contributed by atoms with Crippen molar-refractivity contribution < 1.29 is 8.78 Å². The molecule has 2 nitrogen and oxygen atoms in total. The Balaban J connectivity index is 1.85. The molecule has 1 aromatic carbocycles. The molecule has 5 heteroatoms. The van der Waals surface area contributed by atoms with E-state index in [1.807, 2.05) is 0 Å². The van der Waals surface area contributed by atoms with E-state index in [0.29, 0.717) is 4.47 Å². The van der Waals surface area contributed by atoms with E-state index in [1.54, 1.807) is 6.07 Å². The lowest BCUT2D eigenvalue weighted by Gasteiger charge is -2.12. The second kappa shape index (κ2) is 6.48. The topological polar surface area (TPSA) is 24.1 Å². The van der Waals surface area contributed by atoms with Crippen molar-refractivity contribution in [2.75, 3.05) is 25.0 Å². The monoisotopic (exact) mass is 318 g/mol. The lowest BCUT2D eigenvalue weighted by molar-refractivity contribution is 0.151. The lowest BCUT2D eigenvalue weighted by Crippen LogP contribution is -2.12. The molecule has 1 unspecified atom stereocenters. The van der Waals surface area contributed by atoms with Crippen LogP contribution in [0.2, 0.25) is 0 Å². The molecule has 18 heavy (non-hydrogen) atoms. The van der Waals surface area contributed by atoms with Crippen molar-refractivity contribution in [3.63, 3.8) is 0 Å². The van der Waals surface area contributed by atoms with Gasteiger partial charge in [-0.15, -0.1) is 0 Å². The maximum atomic E-state index is 12.5. The minimum absolute atomic E-state index is 0.0485. The Hall–Kier alpha value is -0.680. The van der Waals surface area contributed by atoms with Gasteiger partial charge in [-0.25, -0.2) is 8.78 Å². The van der Waals surface area contributed by atoms with E-state index in [4.69, 9.17) is 0 Å². The number of hydrogen-bond acceptors (Lipinski definition) is 2. The summed E-state index contributed by atoms with van der Waals surface area (Å²) in [6, 6.07) is 4.65. The van der Waals surface area contributed by atoms with E-state index in [1.165, 1.54) is 18.6 Å². The van der Waals surface area contributed by atoms with Crippen LogP contribution in [0.1, 0.15) is 24.8 Å². The number of nitrogens with one attached hydrogen (secondary N) is 2. The first-order valence-electron chi connectivity index (χ1n) is 6.19. The average Bonchev–Trinajstić information content (AvgIpc) is 2.84. The third-order valence-electron chi connectivity index (χ3n) is 3.28. The average molecular weight is 319 g/mol. The van der Waals surface area contributed by atoms with E-state index < -0.39 is 6.43 Å². The highest BCUT2D eigenvalue weighted by molar-refractivity contribution is 9.10. The van der Waals surface area contributed by atoms with Crippen molar-refractivity contribution in [3.8, 4) is 0 Å². The summed E-state index contributed by atoms with van der Waals surface area (Å²) in [5.41, 5.74) is 0.928. The highest BCUT2D eigenvalue weighted by Crippen LogP contribution is 2.28. The van der Waals surface area contributed by atoms with Gasteiger partial charge in [0.05, 0.1) is 0 Å². The summed E-state index contributed by atoms with van der Waals surface area (Å²) in [5, 5.41) is 6.62. The van der Waals surface area contributed by atoms with Crippen molar-refractivity contribution in [1.29, 1.82) is 0 Å². The number of anilines is 1. The molecule has 0 amide bonds. The number of halogens is 3. The largest absolute Gasteiger partial charge is 0.384 e. The van der Waals surface area contributed by atoms with E-state index in [2.05, 4.69) is 26.6 Å². The van der Waals surface area contributed by atoms with Gasteiger partial charge >= 0.3 is 0 Å². The molecule has 1 aromatic rings. The molecular weight excluding hydrogens is 302 g/mol. The van der Waals surface area contributed by atoms with Crippen molar-refractivity contribution in [2.45, 2.75) is 19.3 Å². The van der Waals surface area contributed by atoms with Crippen LogP contribution in [0.5, 0.6) is 0 Å². The van der Waals surface area contributed by atoms with Crippen LogP contribution < -0.4 is 10.6 Å². The molecule has 0 bridgehead atoms. The number of hydrogen-bond donors (Lipinski definition) is 2. The van der Waals surface area contributed by atoms with Crippen LogP contribution in [0.3, 0.4) is 0 Å². The van der Waals surface area contributed by atoms with Crippen molar-refractivity contribution >= 4 is 21.6 Å². The summed E-state index contributed by atoms with van der Waals surface area (Å²) in [6.07, 6.45) is -0.0802. The van der Waals surface area contributed by atoms with Crippen molar-refractivity contribution in [1.82, 2.24) is 5.32 Å². The summed E-state index contributed by atoms with van der Waals surface area (Å²) in [6.45, 7) is 3.07. The molecule has 1 aliphatic heterocycles. The minimum Gasteiger partial charge on any atom is -0.384 e. The number of rotatable bonds is 5. The molecule has 100 valence electrons. The van der Waals surface area contributed by atoms with Crippen molar-refractivity contribution in [2.24, 2.45) is 5.92 Å². The Kier molecular flexibility index (Phi) is 4.95. The van der Waals surface area contributed by atoms with Gasteiger partial charge in [-0.2, -0.15) is 0 Å². The van der Waals surface area contributed by atoms with Gasteiger partial charge in [0.25, 0.3) is 6.43 Å². The molecule has 2 rings (SSSR count). The number of alkyl halides is 2. The smallest absolute Gasteiger partial charge is 0.263 e. The van der Waals surface area contributed by atoms with Crippen LogP contribution in [0, 0.1) is 5.92 Å². The molecule has 0 aromatic heterocycles. The first-order chi connectivity index (χ1) is 8.66. The minimum atomic E-state index is -2.42. The van der Waals surface area contributed by atoms with Gasteiger partial charge < -0.3 is 10.6 Å². The van der Waals surface area contributed by atoms with Gasteiger partial charge in [0, 0.05) is 22.3 Å². The van der Waals surface area contributed by atoms with Gasteiger partial charge in [0.1, 0.15) is 0 Å². The highest BCUT2D eigenvalue weighted by Gasteiger charge is 2.14. The Labute approximate surface area is 114 Å². The normalized spacial score (nSPS) is 19.4. The van der Waals surface area contributed by atoms with Gasteiger partial charge in [-0.1, -0.05) is 6.07 Å². The van der Waals surface area contributed by atoms with E-state index >= 15 is 0 Å². The predicted molar refractivity (Wildman–Crippen MR) is 73.2 cm³/mol. The van der Waals surface area contributed by atoms with Gasteiger partial charge in [0.2, 0.25) is 0 Å². The Morgan fingerprint density at radius 1 is 1.44 bits per heavy atom. The molecule has 0 radical (unpaired) electrons. The fourth-order valence-electron chi connectivity index (χ4n) is 2.18. The van der Waals surface area contributed by atoms with Crippen LogP contribution in [0.15, 0.2) is 22.7 Å². The zero-order valence-corrected chi connectivity index (χ0v) is 11.6. The summed E-state index contributed by atoms with van der Waals surface area (Å²) in [4.78, 5) is 0.